The molecule has 0 atom stereocenters. The standard InChI is InChI=1S/C13H14N2OS/c1-8-5-11(14)6-9(2)12(8)15-13(16)10-3-4-17-7-10/h3-7H,14H2,1-2H3,(H,15,16). The maximum atomic E-state index is 11.9. The average Bonchev–Trinajstić information content (AvgIpc) is 2.76. The van der Waals surface area contributed by atoms with E-state index in [1.165, 1.54) is 11.3 Å². The number of aryl methyl sites for hydroxylation is 2. The van der Waals surface area contributed by atoms with Gasteiger partial charge in [-0.1, -0.05) is 0 Å². The van der Waals surface area contributed by atoms with E-state index in [-0.39, 0.29) is 5.91 Å². The van der Waals surface area contributed by atoms with Gasteiger partial charge in [0.15, 0.2) is 0 Å². The number of anilines is 2. The zero-order valence-electron chi connectivity index (χ0n) is 9.78. The smallest absolute Gasteiger partial charge is 0.256 e. The molecule has 0 bridgehead atoms. The van der Waals surface area contributed by atoms with Crippen LogP contribution < -0.4 is 11.1 Å². The van der Waals surface area contributed by atoms with Crippen LogP contribution in [0, 0.1) is 13.8 Å². The number of rotatable bonds is 2. The number of hydrogen-bond acceptors (Lipinski definition) is 3. The van der Waals surface area contributed by atoms with Gasteiger partial charge in [0.1, 0.15) is 0 Å². The van der Waals surface area contributed by atoms with Crippen LogP contribution in [0.25, 0.3) is 0 Å². The second-order valence-corrected chi connectivity index (χ2v) is 4.78. The van der Waals surface area contributed by atoms with Crippen molar-refractivity contribution in [3.63, 3.8) is 0 Å². The molecule has 1 aromatic heterocycles. The van der Waals surface area contributed by atoms with Crippen LogP contribution in [0.2, 0.25) is 0 Å². The fraction of sp³-hybridized carbons (Fsp3) is 0.154. The molecular formula is C13H14N2OS. The lowest BCUT2D eigenvalue weighted by Gasteiger charge is -2.12. The fourth-order valence-electron chi connectivity index (χ4n) is 1.77. The lowest BCUT2D eigenvalue weighted by molar-refractivity contribution is 0.102. The van der Waals surface area contributed by atoms with E-state index in [0.717, 1.165) is 16.8 Å². The SMILES string of the molecule is Cc1cc(N)cc(C)c1NC(=O)c1ccsc1. The van der Waals surface area contributed by atoms with Crippen LogP contribution in [0.15, 0.2) is 29.0 Å². The summed E-state index contributed by atoms with van der Waals surface area (Å²) in [7, 11) is 0. The van der Waals surface area contributed by atoms with Crippen LogP contribution in [0.5, 0.6) is 0 Å². The van der Waals surface area contributed by atoms with Gasteiger partial charge in [-0.3, -0.25) is 4.79 Å². The molecule has 1 amide bonds. The molecule has 2 aromatic rings. The first-order chi connectivity index (χ1) is 8.08. The molecular weight excluding hydrogens is 232 g/mol. The molecule has 0 saturated heterocycles. The summed E-state index contributed by atoms with van der Waals surface area (Å²) < 4.78 is 0. The van der Waals surface area contributed by atoms with Gasteiger partial charge in [-0.2, -0.15) is 11.3 Å². The Bertz CT molecular complexity index is 524. The van der Waals surface area contributed by atoms with Gasteiger partial charge in [0.05, 0.1) is 5.56 Å². The van der Waals surface area contributed by atoms with Crippen molar-refractivity contribution < 1.29 is 4.79 Å². The van der Waals surface area contributed by atoms with E-state index in [0.29, 0.717) is 11.3 Å². The molecule has 0 unspecified atom stereocenters. The van der Waals surface area contributed by atoms with Crippen molar-refractivity contribution >= 4 is 28.6 Å². The number of nitrogen functional groups attached to an aromatic ring is 1. The van der Waals surface area contributed by atoms with Crippen LogP contribution in [0.3, 0.4) is 0 Å². The van der Waals surface area contributed by atoms with E-state index in [9.17, 15) is 4.79 Å². The Morgan fingerprint density at radius 2 is 1.94 bits per heavy atom. The van der Waals surface area contributed by atoms with Crippen molar-refractivity contribution in [3.05, 3.63) is 45.6 Å². The Morgan fingerprint density at radius 3 is 2.47 bits per heavy atom. The number of hydrogen-bond donors (Lipinski definition) is 2. The number of benzene rings is 1. The molecule has 4 heteroatoms. The summed E-state index contributed by atoms with van der Waals surface area (Å²) in [4.78, 5) is 11.9. The summed E-state index contributed by atoms with van der Waals surface area (Å²) in [6.45, 7) is 3.87. The Balaban J connectivity index is 2.28. The van der Waals surface area contributed by atoms with Gasteiger partial charge in [0.25, 0.3) is 5.91 Å². The molecule has 0 fully saturated rings. The van der Waals surface area contributed by atoms with Crippen molar-refractivity contribution in [2.75, 3.05) is 11.1 Å². The Hall–Kier alpha value is -1.81. The molecule has 3 N–H and O–H groups in total. The highest BCUT2D eigenvalue weighted by molar-refractivity contribution is 7.08. The highest BCUT2D eigenvalue weighted by atomic mass is 32.1. The zero-order valence-corrected chi connectivity index (χ0v) is 10.6. The molecule has 88 valence electrons. The fourth-order valence-corrected chi connectivity index (χ4v) is 2.41. The normalized spacial score (nSPS) is 10.2. The van der Waals surface area contributed by atoms with Crippen LogP contribution in [0.4, 0.5) is 11.4 Å². The van der Waals surface area contributed by atoms with E-state index in [1.54, 1.807) is 0 Å². The first kappa shape index (κ1) is 11.7. The highest BCUT2D eigenvalue weighted by Crippen LogP contribution is 2.24. The van der Waals surface area contributed by atoms with E-state index in [2.05, 4.69) is 5.32 Å². The van der Waals surface area contributed by atoms with Crippen molar-refractivity contribution in [3.8, 4) is 0 Å². The van der Waals surface area contributed by atoms with Gasteiger partial charge in [-0.25, -0.2) is 0 Å². The third-order valence-corrected chi connectivity index (χ3v) is 3.26. The maximum Gasteiger partial charge on any atom is 0.256 e. The van der Waals surface area contributed by atoms with E-state index < -0.39 is 0 Å². The van der Waals surface area contributed by atoms with E-state index in [1.807, 2.05) is 42.8 Å². The summed E-state index contributed by atoms with van der Waals surface area (Å²) >= 11 is 1.51. The zero-order chi connectivity index (χ0) is 12.4. The topological polar surface area (TPSA) is 55.1 Å². The van der Waals surface area contributed by atoms with Crippen molar-refractivity contribution in [2.45, 2.75) is 13.8 Å². The number of amides is 1. The molecule has 0 radical (unpaired) electrons. The van der Waals surface area contributed by atoms with Gasteiger partial charge in [0, 0.05) is 16.8 Å². The molecule has 3 nitrogen and oxygen atoms in total. The molecule has 2 rings (SSSR count). The van der Waals surface area contributed by atoms with Crippen LogP contribution in [-0.2, 0) is 0 Å². The lowest BCUT2D eigenvalue weighted by Crippen LogP contribution is -2.13. The van der Waals surface area contributed by atoms with E-state index in [4.69, 9.17) is 5.73 Å². The minimum Gasteiger partial charge on any atom is -0.399 e. The molecule has 1 aromatic carbocycles. The number of nitrogens with two attached hydrogens (primary N) is 1. The summed E-state index contributed by atoms with van der Waals surface area (Å²) in [6, 6.07) is 5.52. The van der Waals surface area contributed by atoms with Gasteiger partial charge in [0.2, 0.25) is 0 Å². The number of carbonyl (C=O) groups is 1. The van der Waals surface area contributed by atoms with Gasteiger partial charge < -0.3 is 11.1 Å². The third-order valence-electron chi connectivity index (χ3n) is 2.58. The van der Waals surface area contributed by atoms with Crippen molar-refractivity contribution in [2.24, 2.45) is 0 Å². The number of nitrogens with one attached hydrogen (secondary N) is 1. The number of thiophene rings is 1. The third kappa shape index (κ3) is 2.47. The molecule has 17 heavy (non-hydrogen) atoms. The molecule has 0 saturated carbocycles. The molecule has 0 aliphatic carbocycles. The molecule has 0 aliphatic rings. The van der Waals surface area contributed by atoms with Crippen LogP contribution >= 0.6 is 11.3 Å². The Morgan fingerprint density at radius 1 is 1.29 bits per heavy atom. The monoisotopic (exact) mass is 246 g/mol. The quantitative estimate of drug-likeness (QED) is 0.799. The second kappa shape index (κ2) is 4.59. The Kier molecular flexibility index (Phi) is 3.15. The predicted molar refractivity (Wildman–Crippen MR) is 72.6 cm³/mol. The number of carbonyl (C=O) groups excluding carboxylic acids is 1. The first-order valence-electron chi connectivity index (χ1n) is 5.28. The van der Waals surface area contributed by atoms with Crippen LogP contribution in [0.1, 0.15) is 21.5 Å². The van der Waals surface area contributed by atoms with Gasteiger partial charge in [-0.05, 0) is 48.6 Å². The van der Waals surface area contributed by atoms with Gasteiger partial charge >= 0.3 is 0 Å². The van der Waals surface area contributed by atoms with Gasteiger partial charge in [-0.15, -0.1) is 0 Å². The molecule has 0 spiro atoms. The summed E-state index contributed by atoms with van der Waals surface area (Å²) in [5, 5.41) is 6.64. The summed E-state index contributed by atoms with van der Waals surface area (Å²) in [5.74, 6) is -0.0813. The lowest BCUT2D eigenvalue weighted by atomic mass is 10.1. The molecule has 1 heterocycles. The first-order valence-corrected chi connectivity index (χ1v) is 6.22. The minimum absolute atomic E-state index is 0.0813. The average molecular weight is 246 g/mol. The predicted octanol–water partition coefficient (Wildman–Crippen LogP) is 3.20. The van der Waals surface area contributed by atoms with E-state index >= 15 is 0 Å². The largest absolute Gasteiger partial charge is 0.399 e. The summed E-state index contributed by atoms with van der Waals surface area (Å²) in [6.07, 6.45) is 0. The highest BCUT2D eigenvalue weighted by Gasteiger charge is 2.10. The minimum atomic E-state index is -0.0813. The van der Waals surface area contributed by atoms with Crippen molar-refractivity contribution in [1.82, 2.24) is 0 Å². The maximum absolute atomic E-state index is 11.9. The Labute approximate surface area is 104 Å². The second-order valence-electron chi connectivity index (χ2n) is 4.00. The van der Waals surface area contributed by atoms with Crippen LogP contribution in [-0.4, -0.2) is 5.91 Å². The summed E-state index contributed by atoms with van der Waals surface area (Å²) in [5.41, 5.74) is 9.94. The van der Waals surface area contributed by atoms with Crippen molar-refractivity contribution in [1.29, 1.82) is 0 Å². The molecule has 0 aliphatic heterocycles.